The molecule has 3 aromatic rings. The maximum Gasteiger partial charge on any atom is 0.232 e. The lowest BCUT2D eigenvalue weighted by Gasteiger charge is -2.14. The molecule has 0 fully saturated rings. The van der Waals surface area contributed by atoms with Gasteiger partial charge in [-0.2, -0.15) is 4.98 Å². The van der Waals surface area contributed by atoms with E-state index in [1.807, 2.05) is 24.3 Å². The molecule has 2 N–H and O–H groups in total. The maximum atomic E-state index is 5.36. The van der Waals surface area contributed by atoms with E-state index in [0.717, 1.165) is 10.2 Å². The highest BCUT2D eigenvalue weighted by atomic mass is 79.9. The molecule has 1 aromatic heterocycles. The monoisotopic (exact) mass is 431 g/mol. The van der Waals surface area contributed by atoms with E-state index in [1.165, 1.54) is 6.33 Å². The molecular formula is C18H18BrN5O3. The number of methoxy groups -OCH3 is 3. The largest absolute Gasteiger partial charge is 0.493 e. The number of halogens is 1. The van der Waals surface area contributed by atoms with Crippen molar-refractivity contribution in [2.75, 3.05) is 32.0 Å². The number of nitrogens with zero attached hydrogens (tertiary/aromatic N) is 3. The fourth-order valence-corrected chi connectivity index (χ4v) is 2.79. The van der Waals surface area contributed by atoms with E-state index >= 15 is 0 Å². The zero-order chi connectivity index (χ0) is 19.2. The first-order valence-electron chi connectivity index (χ1n) is 7.91. The summed E-state index contributed by atoms with van der Waals surface area (Å²) in [5.41, 5.74) is 1.54. The van der Waals surface area contributed by atoms with Gasteiger partial charge in [0.25, 0.3) is 0 Å². The van der Waals surface area contributed by atoms with E-state index < -0.39 is 0 Å². The summed E-state index contributed by atoms with van der Waals surface area (Å²) < 4.78 is 17.0. The average Bonchev–Trinajstić information content (AvgIpc) is 2.67. The average molecular weight is 432 g/mol. The summed E-state index contributed by atoms with van der Waals surface area (Å²) >= 11 is 3.43. The molecule has 0 aliphatic rings. The molecule has 0 aliphatic carbocycles. The lowest BCUT2D eigenvalue weighted by Crippen LogP contribution is -2.03. The van der Waals surface area contributed by atoms with Crippen molar-refractivity contribution in [1.29, 1.82) is 0 Å². The highest BCUT2D eigenvalue weighted by molar-refractivity contribution is 9.10. The third kappa shape index (κ3) is 4.56. The second-order valence-corrected chi connectivity index (χ2v) is 6.22. The van der Waals surface area contributed by atoms with E-state index in [1.54, 1.807) is 33.5 Å². The zero-order valence-electron chi connectivity index (χ0n) is 15.0. The Morgan fingerprint density at radius 1 is 0.815 bits per heavy atom. The van der Waals surface area contributed by atoms with E-state index in [0.29, 0.717) is 34.8 Å². The van der Waals surface area contributed by atoms with Gasteiger partial charge in [-0.3, -0.25) is 0 Å². The summed E-state index contributed by atoms with van der Waals surface area (Å²) in [5.74, 6) is 2.36. The van der Waals surface area contributed by atoms with E-state index in [9.17, 15) is 0 Å². The van der Waals surface area contributed by atoms with E-state index in [4.69, 9.17) is 14.2 Å². The molecule has 140 valence electrons. The Hall–Kier alpha value is -3.07. The summed E-state index contributed by atoms with van der Waals surface area (Å²) in [4.78, 5) is 12.7. The lowest BCUT2D eigenvalue weighted by molar-refractivity contribution is 0.324. The second kappa shape index (κ2) is 8.54. The van der Waals surface area contributed by atoms with Gasteiger partial charge in [0.2, 0.25) is 17.6 Å². The molecule has 0 bridgehead atoms. The Morgan fingerprint density at radius 3 is 2.00 bits per heavy atom. The van der Waals surface area contributed by atoms with Gasteiger partial charge < -0.3 is 24.8 Å². The molecule has 3 rings (SSSR count). The van der Waals surface area contributed by atoms with Gasteiger partial charge in [-0.1, -0.05) is 22.0 Å². The molecule has 0 unspecified atom stereocenters. The van der Waals surface area contributed by atoms with Crippen LogP contribution in [0.1, 0.15) is 0 Å². The SMILES string of the molecule is COc1cc(Nc2ncnc(Nc3cccc(Br)c3)n2)cc(OC)c1OC. The van der Waals surface area contributed by atoms with Crippen molar-refractivity contribution in [3.05, 3.63) is 47.2 Å². The molecule has 0 saturated carbocycles. The number of nitrogens with one attached hydrogen (secondary N) is 2. The second-order valence-electron chi connectivity index (χ2n) is 5.31. The van der Waals surface area contributed by atoms with Crippen LogP contribution in [0.25, 0.3) is 0 Å². The predicted octanol–water partition coefficient (Wildman–Crippen LogP) is 4.15. The van der Waals surface area contributed by atoms with Crippen molar-refractivity contribution in [1.82, 2.24) is 15.0 Å². The van der Waals surface area contributed by atoms with Crippen molar-refractivity contribution in [3.63, 3.8) is 0 Å². The summed E-state index contributed by atoms with van der Waals surface area (Å²) in [6, 6.07) is 11.2. The molecule has 0 amide bonds. The number of hydrogen-bond acceptors (Lipinski definition) is 8. The van der Waals surface area contributed by atoms with Gasteiger partial charge in [0.15, 0.2) is 11.5 Å². The molecule has 0 atom stereocenters. The number of anilines is 4. The van der Waals surface area contributed by atoms with Gasteiger partial charge in [0, 0.05) is 28.0 Å². The lowest BCUT2D eigenvalue weighted by atomic mass is 10.2. The number of aromatic nitrogens is 3. The number of hydrogen-bond donors (Lipinski definition) is 2. The van der Waals surface area contributed by atoms with Crippen LogP contribution in [0.3, 0.4) is 0 Å². The molecule has 8 nitrogen and oxygen atoms in total. The third-order valence-corrected chi connectivity index (χ3v) is 4.07. The van der Waals surface area contributed by atoms with Gasteiger partial charge in [-0.05, 0) is 18.2 Å². The minimum atomic E-state index is 0.372. The van der Waals surface area contributed by atoms with Crippen LogP contribution in [0.15, 0.2) is 47.2 Å². The minimum absolute atomic E-state index is 0.372. The van der Waals surface area contributed by atoms with Crippen LogP contribution in [0, 0.1) is 0 Å². The topological polar surface area (TPSA) is 90.4 Å². The van der Waals surface area contributed by atoms with Crippen LogP contribution in [-0.2, 0) is 0 Å². The van der Waals surface area contributed by atoms with Crippen molar-refractivity contribution in [2.45, 2.75) is 0 Å². The predicted molar refractivity (Wildman–Crippen MR) is 107 cm³/mol. The van der Waals surface area contributed by atoms with Gasteiger partial charge in [-0.15, -0.1) is 0 Å². The summed E-state index contributed by atoms with van der Waals surface area (Å²) in [6.45, 7) is 0. The number of rotatable bonds is 7. The van der Waals surface area contributed by atoms with E-state index in [2.05, 4.69) is 41.5 Å². The van der Waals surface area contributed by atoms with Crippen molar-refractivity contribution in [2.24, 2.45) is 0 Å². The Morgan fingerprint density at radius 2 is 1.44 bits per heavy atom. The Kier molecular flexibility index (Phi) is 5.92. The van der Waals surface area contributed by atoms with Gasteiger partial charge in [0.1, 0.15) is 6.33 Å². The number of benzene rings is 2. The maximum absolute atomic E-state index is 5.36. The summed E-state index contributed by atoms with van der Waals surface area (Å²) in [6.07, 6.45) is 1.42. The Balaban J connectivity index is 1.84. The molecule has 0 saturated heterocycles. The van der Waals surface area contributed by atoms with Gasteiger partial charge in [0.05, 0.1) is 21.3 Å². The van der Waals surface area contributed by atoms with Crippen LogP contribution in [0.2, 0.25) is 0 Å². The molecular weight excluding hydrogens is 414 g/mol. The number of ether oxygens (including phenoxy) is 3. The molecule has 0 aliphatic heterocycles. The summed E-state index contributed by atoms with van der Waals surface area (Å²) in [7, 11) is 4.67. The van der Waals surface area contributed by atoms with Gasteiger partial charge in [-0.25, -0.2) is 9.97 Å². The standard InChI is InChI=1S/C18H18BrN5O3/c1-25-14-8-13(9-15(26-2)16(14)27-3)23-18-21-10-20-17(24-18)22-12-6-4-5-11(19)7-12/h4-10H,1-3H3,(H2,20,21,22,23,24). The zero-order valence-corrected chi connectivity index (χ0v) is 16.6. The van der Waals surface area contributed by atoms with Crippen LogP contribution in [0.4, 0.5) is 23.3 Å². The fourth-order valence-electron chi connectivity index (χ4n) is 2.39. The highest BCUT2D eigenvalue weighted by Crippen LogP contribution is 2.40. The molecule has 2 aromatic carbocycles. The molecule has 9 heteroatoms. The smallest absolute Gasteiger partial charge is 0.232 e. The molecule has 27 heavy (non-hydrogen) atoms. The van der Waals surface area contributed by atoms with Crippen LogP contribution >= 0.6 is 15.9 Å². The fraction of sp³-hybridized carbons (Fsp3) is 0.167. The Bertz CT molecular complexity index is 913. The normalized spacial score (nSPS) is 10.2. The first-order chi connectivity index (χ1) is 13.1. The van der Waals surface area contributed by atoms with Crippen LogP contribution in [-0.4, -0.2) is 36.3 Å². The van der Waals surface area contributed by atoms with Crippen molar-refractivity contribution >= 4 is 39.2 Å². The minimum Gasteiger partial charge on any atom is -0.493 e. The quantitative estimate of drug-likeness (QED) is 0.576. The van der Waals surface area contributed by atoms with Crippen LogP contribution in [0.5, 0.6) is 17.2 Å². The first kappa shape index (κ1) is 18.7. The third-order valence-electron chi connectivity index (χ3n) is 3.57. The van der Waals surface area contributed by atoms with E-state index in [-0.39, 0.29) is 0 Å². The van der Waals surface area contributed by atoms with Crippen molar-refractivity contribution in [3.8, 4) is 17.2 Å². The summed E-state index contributed by atoms with van der Waals surface area (Å²) in [5, 5.41) is 6.25. The first-order valence-corrected chi connectivity index (χ1v) is 8.71. The molecule has 1 heterocycles. The highest BCUT2D eigenvalue weighted by Gasteiger charge is 2.14. The van der Waals surface area contributed by atoms with Gasteiger partial charge >= 0.3 is 0 Å². The van der Waals surface area contributed by atoms with Crippen molar-refractivity contribution < 1.29 is 14.2 Å². The van der Waals surface area contributed by atoms with Crippen LogP contribution < -0.4 is 24.8 Å². The molecule has 0 spiro atoms. The Labute approximate surface area is 165 Å². The molecule has 0 radical (unpaired) electrons.